The van der Waals surface area contributed by atoms with Gasteiger partial charge in [-0.1, -0.05) is 30.3 Å². The molecule has 88 valence electrons. The van der Waals surface area contributed by atoms with Crippen LogP contribution in [0.25, 0.3) is 0 Å². The average Bonchev–Trinajstić information content (AvgIpc) is 2.77. The normalized spacial score (nSPS) is 26.9. The molecular formula is C13H20N2O. The lowest BCUT2D eigenvalue weighted by Crippen LogP contribution is -2.43. The third-order valence-corrected chi connectivity index (χ3v) is 3.31. The topological polar surface area (TPSA) is 44.3 Å². The van der Waals surface area contributed by atoms with E-state index in [-0.39, 0.29) is 12.6 Å². The van der Waals surface area contributed by atoms with Gasteiger partial charge in [0.15, 0.2) is 0 Å². The summed E-state index contributed by atoms with van der Waals surface area (Å²) in [5.74, 6) is 0. The van der Waals surface area contributed by atoms with Gasteiger partial charge in [-0.25, -0.2) is 0 Å². The first kappa shape index (κ1) is 11.6. The maximum absolute atomic E-state index is 9.22. The molecular weight excluding hydrogens is 200 g/mol. The molecule has 1 fully saturated rings. The number of rotatable bonds is 4. The van der Waals surface area contributed by atoms with Gasteiger partial charge in [0.1, 0.15) is 0 Å². The molecule has 1 heterocycles. The Morgan fingerprint density at radius 1 is 1.44 bits per heavy atom. The van der Waals surface area contributed by atoms with E-state index in [0.717, 1.165) is 13.0 Å². The van der Waals surface area contributed by atoms with Crippen LogP contribution in [0.2, 0.25) is 0 Å². The third-order valence-electron chi connectivity index (χ3n) is 3.31. The number of hydrogen-bond acceptors (Lipinski definition) is 3. The van der Waals surface area contributed by atoms with Crippen molar-refractivity contribution < 1.29 is 5.11 Å². The zero-order chi connectivity index (χ0) is 11.4. The lowest BCUT2D eigenvalue weighted by atomic mass is 10.0. The minimum absolute atomic E-state index is 0.200. The van der Waals surface area contributed by atoms with Crippen molar-refractivity contribution in [1.82, 2.24) is 10.6 Å². The Kier molecular flexibility index (Phi) is 3.93. The summed E-state index contributed by atoms with van der Waals surface area (Å²) in [7, 11) is 0. The summed E-state index contributed by atoms with van der Waals surface area (Å²) >= 11 is 0. The summed E-state index contributed by atoms with van der Waals surface area (Å²) in [5.41, 5.74) is 1.30. The first-order chi connectivity index (χ1) is 7.81. The number of benzene rings is 1. The number of hydrogen-bond donors (Lipinski definition) is 3. The maximum Gasteiger partial charge on any atom is 0.0599 e. The summed E-state index contributed by atoms with van der Waals surface area (Å²) in [4.78, 5) is 0. The molecule has 0 bridgehead atoms. The van der Waals surface area contributed by atoms with Crippen LogP contribution in [-0.2, 0) is 0 Å². The largest absolute Gasteiger partial charge is 0.395 e. The highest BCUT2D eigenvalue weighted by atomic mass is 16.3. The molecule has 0 saturated carbocycles. The molecule has 3 unspecified atom stereocenters. The van der Waals surface area contributed by atoms with Gasteiger partial charge in [-0.15, -0.1) is 0 Å². The van der Waals surface area contributed by atoms with E-state index in [2.05, 4.69) is 41.8 Å². The average molecular weight is 220 g/mol. The van der Waals surface area contributed by atoms with Gasteiger partial charge < -0.3 is 15.7 Å². The standard InChI is InChI=1S/C13H20N2O/c1-10(11-5-3-2-4-6-11)15-12-7-8-14-13(12)9-16/h2-6,10,12-16H,7-9H2,1H3. The van der Waals surface area contributed by atoms with Crippen molar-refractivity contribution in [2.45, 2.75) is 31.5 Å². The fourth-order valence-electron chi connectivity index (χ4n) is 2.32. The van der Waals surface area contributed by atoms with Gasteiger partial charge >= 0.3 is 0 Å². The van der Waals surface area contributed by atoms with Gasteiger partial charge in [-0.05, 0) is 25.5 Å². The van der Waals surface area contributed by atoms with Crippen LogP contribution in [0.5, 0.6) is 0 Å². The summed E-state index contributed by atoms with van der Waals surface area (Å²) < 4.78 is 0. The number of aliphatic hydroxyl groups is 1. The fourth-order valence-corrected chi connectivity index (χ4v) is 2.32. The predicted molar refractivity (Wildman–Crippen MR) is 65.3 cm³/mol. The Balaban J connectivity index is 1.94. The third kappa shape index (κ3) is 2.61. The SMILES string of the molecule is CC(NC1CCNC1CO)c1ccccc1. The Morgan fingerprint density at radius 2 is 2.19 bits per heavy atom. The molecule has 1 aromatic carbocycles. The molecule has 0 aliphatic carbocycles. The van der Waals surface area contributed by atoms with Gasteiger partial charge in [0.2, 0.25) is 0 Å². The van der Waals surface area contributed by atoms with Crippen LogP contribution in [0.15, 0.2) is 30.3 Å². The van der Waals surface area contributed by atoms with Crippen LogP contribution in [0, 0.1) is 0 Å². The van der Waals surface area contributed by atoms with E-state index >= 15 is 0 Å². The van der Waals surface area contributed by atoms with E-state index in [9.17, 15) is 5.11 Å². The van der Waals surface area contributed by atoms with Crippen molar-refractivity contribution in [3.63, 3.8) is 0 Å². The van der Waals surface area contributed by atoms with Gasteiger partial charge in [0.05, 0.1) is 6.61 Å². The van der Waals surface area contributed by atoms with Crippen molar-refractivity contribution in [2.75, 3.05) is 13.2 Å². The van der Waals surface area contributed by atoms with Crippen LogP contribution in [-0.4, -0.2) is 30.3 Å². The lowest BCUT2D eigenvalue weighted by molar-refractivity contribution is 0.231. The molecule has 0 spiro atoms. The Bertz CT molecular complexity index is 315. The Labute approximate surface area is 96.9 Å². The van der Waals surface area contributed by atoms with Crippen molar-refractivity contribution >= 4 is 0 Å². The molecule has 3 N–H and O–H groups in total. The lowest BCUT2D eigenvalue weighted by Gasteiger charge is -2.23. The summed E-state index contributed by atoms with van der Waals surface area (Å²) in [6.45, 7) is 3.37. The van der Waals surface area contributed by atoms with E-state index in [1.165, 1.54) is 5.56 Å². The van der Waals surface area contributed by atoms with Gasteiger partial charge in [-0.3, -0.25) is 0 Å². The van der Waals surface area contributed by atoms with Crippen LogP contribution in [0.4, 0.5) is 0 Å². The van der Waals surface area contributed by atoms with Crippen LogP contribution >= 0.6 is 0 Å². The van der Waals surface area contributed by atoms with E-state index in [4.69, 9.17) is 0 Å². The van der Waals surface area contributed by atoms with Crippen LogP contribution < -0.4 is 10.6 Å². The number of aliphatic hydroxyl groups excluding tert-OH is 1. The summed E-state index contributed by atoms with van der Waals surface area (Å²) in [6.07, 6.45) is 1.09. The first-order valence-electron chi connectivity index (χ1n) is 5.96. The van der Waals surface area contributed by atoms with Crippen molar-refractivity contribution in [3.05, 3.63) is 35.9 Å². The zero-order valence-electron chi connectivity index (χ0n) is 9.69. The Hall–Kier alpha value is -0.900. The van der Waals surface area contributed by atoms with Gasteiger partial charge in [0.25, 0.3) is 0 Å². The van der Waals surface area contributed by atoms with Gasteiger partial charge in [-0.2, -0.15) is 0 Å². The molecule has 16 heavy (non-hydrogen) atoms. The highest BCUT2D eigenvalue weighted by Crippen LogP contribution is 2.16. The van der Waals surface area contributed by atoms with Crippen molar-refractivity contribution in [1.29, 1.82) is 0 Å². The second kappa shape index (κ2) is 5.43. The second-order valence-electron chi connectivity index (χ2n) is 4.44. The van der Waals surface area contributed by atoms with Gasteiger partial charge in [0, 0.05) is 18.1 Å². The zero-order valence-corrected chi connectivity index (χ0v) is 9.69. The first-order valence-corrected chi connectivity index (χ1v) is 5.96. The predicted octanol–water partition coefficient (Wildman–Crippen LogP) is 1.06. The molecule has 0 aromatic heterocycles. The molecule has 0 radical (unpaired) electrons. The highest BCUT2D eigenvalue weighted by molar-refractivity contribution is 5.18. The molecule has 3 nitrogen and oxygen atoms in total. The fraction of sp³-hybridized carbons (Fsp3) is 0.538. The molecule has 2 rings (SSSR count). The second-order valence-corrected chi connectivity index (χ2v) is 4.44. The van der Waals surface area contributed by atoms with Crippen molar-refractivity contribution in [3.8, 4) is 0 Å². The van der Waals surface area contributed by atoms with E-state index in [1.807, 2.05) is 6.07 Å². The Morgan fingerprint density at radius 3 is 2.88 bits per heavy atom. The van der Waals surface area contributed by atoms with Crippen LogP contribution in [0.3, 0.4) is 0 Å². The number of nitrogens with one attached hydrogen (secondary N) is 2. The molecule has 1 aliphatic rings. The highest BCUT2D eigenvalue weighted by Gasteiger charge is 2.26. The quantitative estimate of drug-likeness (QED) is 0.711. The maximum atomic E-state index is 9.22. The molecule has 3 heteroatoms. The summed E-state index contributed by atoms with van der Waals surface area (Å²) in [6, 6.07) is 11.3. The smallest absolute Gasteiger partial charge is 0.0599 e. The van der Waals surface area contributed by atoms with Crippen molar-refractivity contribution in [2.24, 2.45) is 0 Å². The minimum Gasteiger partial charge on any atom is -0.395 e. The molecule has 1 aromatic rings. The molecule has 1 saturated heterocycles. The minimum atomic E-state index is 0.200. The summed E-state index contributed by atoms with van der Waals surface area (Å²) in [5, 5.41) is 16.1. The molecule has 0 amide bonds. The monoisotopic (exact) mass is 220 g/mol. The molecule has 3 atom stereocenters. The van der Waals surface area contributed by atoms with Crippen LogP contribution in [0.1, 0.15) is 24.9 Å². The van der Waals surface area contributed by atoms with E-state index in [1.54, 1.807) is 0 Å². The van der Waals surface area contributed by atoms with E-state index < -0.39 is 0 Å². The molecule has 1 aliphatic heterocycles. The van der Waals surface area contributed by atoms with E-state index in [0.29, 0.717) is 12.1 Å².